The minimum Gasteiger partial charge on any atom is -0.454 e. The number of rotatable bonds is 6. The molecule has 0 saturated heterocycles. The SMILES string of the molecule is NC(CO)CNCCc1ccc2c(c1)OCO2. The summed E-state index contributed by atoms with van der Waals surface area (Å²) in [6.45, 7) is 1.77. The molecule has 1 aliphatic heterocycles. The van der Waals surface area contributed by atoms with Crippen molar-refractivity contribution in [1.29, 1.82) is 0 Å². The molecule has 0 aliphatic carbocycles. The van der Waals surface area contributed by atoms with Gasteiger partial charge in [-0.15, -0.1) is 0 Å². The van der Waals surface area contributed by atoms with Gasteiger partial charge in [0.25, 0.3) is 0 Å². The van der Waals surface area contributed by atoms with Crippen LogP contribution in [0.5, 0.6) is 11.5 Å². The monoisotopic (exact) mass is 238 g/mol. The van der Waals surface area contributed by atoms with E-state index in [-0.39, 0.29) is 12.6 Å². The van der Waals surface area contributed by atoms with Crippen LogP contribution in [0.15, 0.2) is 18.2 Å². The lowest BCUT2D eigenvalue weighted by Crippen LogP contribution is -2.37. The molecule has 1 atom stereocenters. The van der Waals surface area contributed by atoms with Crippen molar-refractivity contribution in [3.63, 3.8) is 0 Å². The Labute approximate surface area is 101 Å². The van der Waals surface area contributed by atoms with Gasteiger partial charge in [-0.2, -0.15) is 0 Å². The summed E-state index contributed by atoms with van der Waals surface area (Å²) in [6.07, 6.45) is 0.898. The van der Waals surface area contributed by atoms with Crippen molar-refractivity contribution in [2.24, 2.45) is 5.73 Å². The van der Waals surface area contributed by atoms with Crippen LogP contribution in [0.2, 0.25) is 0 Å². The number of nitrogens with one attached hydrogen (secondary N) is 1. The highest BCUT2D eigenvalue weighted by molar-refractivity contribution is 5.44. The van der Waals surface area contributed by atoms with Gasteiger partial charge in [-0.1, -0.05) is 6.07 Å². The first-order valence-electron chi connectivity index (χ1n) is 5.75. The lowest BCUT2D eigenvalue weighted by molar-refractivity contribution is 0.174. The van der Waals surface area contributed by atoms with E-state index in [1.54, 1.807) is 0 Å². The molecule has 94 valence electrons. The third-order valence-electron chi connectivity index (χ3n) is 2.67. The first-order chi connectivity index (χ1) is 8.29. The molecular weight excluding hydrogens is 220 g/mol. The van der Waals surface area contributed by atoms with E-state index in [1.165, 1.54) is 5.56 Å². The van der Waals surface area contributed by atoms with Crippen LogP contribution in [0.25, 0.3) is 0 Å². The Hall–Kier alpha value is -1.30. The topological polar surface area (TPSA) is 76.7 Å². The molecule has 0 fully saturated rings. The van der Waals surface area contributed by atoms with Gasteiger partial charge >= 0.3 is 0 Å². The molecule has 0 amide bonds. The van der Waals surface area contributed by atoms with Gasteiger partial charge in [0, 0.05) is 12.6 Å². The zero-order valence-corrected chi connectivity index (χ0v) is 9.69. The summed E-state index contributed by atoms with van der Waals surface area (Å²) in [5.74, 6) is 1.62. The zero-order chi connectivity index (χ0) is 12.1. The molecule has 1 aromatic carbocycles. The summed E-state index contributed by atoms with van der Waals surface area (Å²) in [4.78, 5) is 0. The smallest absolute Gasteiger partial charge is 0.231 e. The average molecular weight is 238 g/mol. The Morgan fingerprint density at radius 2 is 2.18 bits per heavy atom. The molecule has 5 nitrogen and oxygen atoms in total. The van der Waals surface area contributed by atoms with Crippen LogP contribution in [-0.4, -0.2) is 37.6 Å². The maximum Gasteiger partial charge on any atom is 0.231 e. The van der Waals surface area contributed by atoms with Crippen LogP contribution >= 0.6 is 0 Å². The van der Waals surface area contributed by atoms with Crippen molar-refractivity contribution in [1.82, 2.24) is 5.32 Å². The number of benzene rings is 1. The largest absolute Gasteiger partial charge is 0.454 e. The molecule has 17 heavy (non-hydrogen) atoms. The number of nitrogens with two attached hydrogens (primary N) is 1. The van der Waals surface area contributed by atoms with Crippen LogP contribution in [0.3, 0.4) is 0 Å². The quantitative estimate of drug-likeness (QED) is 0.602. The van der Waals surface area contributed by atoms with E-state index in [0.717, 1.165) is 24.5 Å². The second kappa shape index (κ2) is 5.86. The fourth-order valence-electron chi connectivity index (χ4n) is 1.68. The van der Waals surface area contributed by atoms with Gasteiger partial charge in [0.2, 0.25) is 6.79 Å². The van der Waals surface area contributed by atoms with Crippen molar-refractivity contribution in [3.05, 3.63) is 23.8 Å². The normalized spacial score (nSPS) is 14.9. The van der Waals surface area contributed by atoms with Gasteiger partial charge < -0.3 is 25.6 Å². The van der Waals surface area contributed by atoms with Crippen LogP contribution in [0.1, 0.15) is 5.56 Å². The molecular formula is C12H18N2O3. The van der Waals surface area contributed by atoms with Gasteiger partial charge in [0.15, 0.2) is 11.5 Å². The predicted molar refractivity (Wildman–Crippen MR) is 64.2 cm³/mol. The van der Waals surface area contributed by atoms with Gasteiger partial charge in [-0.25, -0.2) is 0 Å². The zero-order valence-electron chi connectivity index (χ0n) is 9.69. The van der Waals surface area contributed by atoms with Crippen LogP contribution in [0.4, 0.5) is 0 Å². The number of ether oxygens (including phenoxy) is 2. The molecule has 5 heteroatoms. The minimum absolute atomic E-state index is 0.0109. The Kier molecular flexibility index (Phi) is 4.19. The second-order valence-corrected chi connectivity index (χ2v) is 4.08. The molecule has 2 rings (SSSR count). The van der Waals surface area contributed by atoms with Crippen LogP contribution in [-0.2, 0) is 6.42 Å². The third kappa shape index (κ3) is 3.33. The Morgan fingerprint density at radius 1 is 1.35 bits per heavy atom. The summed E-state index contributed by atoms with van der Waals surface area (Å²) in [5, 5.41) is 12.0. The number of fused-ring (bicyclic) bond motifs is 1. The predicted octanol–water partition coefficient (Wildman–Crippen LogP) is -0.133. The van der Waals surface area contributed by atoms with Crippen molar-refractivity contribution in [3.8, 4) is 11.5 Å². The molecule has 1 aliphatic rings. The molecule has 1 heterocycles. The van der Waals surface area contributed by atoms with Crippen molar-refractivity contribution in [2.75, 3.05) is 26.5 Å². The molecule has 4 N–H and O–H groups in total. The first kappa shape index (κ1) is 12.2. The third-order valence-corrected chi connectivity index (χ3v) is 2.67. The highest BCUT2D eigenvalue weighted by Crippen LogP contribution is 2.32. The first-order valence-corrected chi connectivity index (χ1v) is 5.75. The second-order valence-electron chi connectivity index (χ2n) is 4.08. The Bertz CT molecular complexity index is 371. The number of hydrogen-bond donors (Lipinski definition) is 3. The highest BCUT2D eigenvalue weighted by atomic mass is 16.7. The summed E-state index contributed by atoms with van der Waals surface area (Å²) in [5.41, 5.74) is 6.77. The van der Waals surface area contributed by atoms with E-state index in [9.17, 15) is 0 Å². The highest BCUT2D eigenvalue weighted by Gasteiger charge is 2.12. The minimum atomic E-state index is -0.188. The van der Waals surface area contributed by atoms with Gasteiger partial charge in [-0.3, -0.25) is 0 Å². The number of aliphatic hydroxyl groups is 1. The molecule has 1 unspecified atom stereocenters. The van der Waals surface area contributed by atoms with Crippen molar-refractivity contribution < 1.29 is 14.6 Å². The fraction of sp³-hybridized carbons (Fsp3) is 0.500. The Morgan fingerprint density at radius 3 is 3.00 bits per heavy atom. The summed E-state index contributed by atoms with van der Waals surface area (Å²) >= 11 is 0. The lowest BCUT2D eigenvalue weighted by Gasteiger charge is -2.09. The molecule has 0 aromatic heterocycles. The maximum absolute atomic E-state index is 8.76. The van der Waals surface area contributed by atoms with E-state index in [2.05, 4.69) is 5.32 Å². The van der Waals surface area contributed by atoms with Gasteiger partial charge in [-0.05, 0) is 30.7 Å². The van der Waals surface area contributed by atoms with E-state index in [4.69, 9.17) is 20.3 Å². The van der Waals surface area contributed by atoms with Crippen LogP contribution in [0, 0.1) is 0 Å². The van der Waals surface area contributed by atoms with Crippen molar-refractivity contribution in [2.45, 2.75) is 12.5 Å². The number of hydrogen-bond acceptors (Lipinski definition) is 5. The average Bonchev–Trinajstić information content (AvgIpc) is 2.81. The number of aliphatic hydroxyl groups excluding tert-OH is 1. The summed E-state index contributed by atoms with van der Waals surface area (Å²) in [7, 11) is 0. The van der Waals surface area contributed by atoms with Crippen molar-refractivity contribution >= 4 is 0 Å². The molecule has 0 bridgehead atoms. The van der Waals surface area contributed by atoms with E-state index in [1.807, 2.05) is 18.2 Å². The van der Waals surface area contributed by atoms with Gasteiger partial charge in [0.1, 0.15) is 0 Å². The summed E-state index contributed by atoms with van der Waals surface area (Å²) < 4.78 is 10.5. The standard InChI is InChI=1S/C12H18N2O3/c13-10(7-15)6-14-4-3-9-1-2-11-12(5-9)17-8-16-11/h1-2,5,10,14-15H,3-4,6-8,13H2. The van der Waals surface area contributed by atoms with Crippen LogP contribution < -0.4 is 20.5 Å². The molecule has 0 radical (unpaired) electrons. The van der Waals surface area contributed by atoms with E-state index < -0.39 is 0 Å². The fourth-order valence-corrected chi connectivity index (χ4v) is 1.68. The van der Waals surface area contributed by atoms with E-state index >= 15 is 0 Å². The van der Waals surface area contributed by atoms with Gasteiger partial charge in [0.05, 0.1) is 6.61 Å². The summed E-state index contributed by atoms with van der Waals surface area (Å²) in [6, 6.07) is 5.76. The molecule has 1 aromatic rings. The van der Waals surface area contributed by atoms with E-state index in [0.29, 0.717) is 13.3 Å². The molecule has 0 spiro atoms. The maximum atomic E-state index is 8.76. The molecule has 0 saturated carbocycles. The lowest BCUT2D eigenvalue weighted by atomic mass is 10.1. The Balaban J connectivity index is 1.76.